The fourth-order valence-electron chi connectivity index (χ4n) is 2.11. The number of hydrogen-bond donors (Lipinski definition) is 1. The Balaban J connectivity index is 2.11. The molecule has 0 aliphatic carbocycles. The van der Waals surface area contributed by atoms with Crippen LogP contribution in [0.4, 0.5) is 0 Å². The molecule has 0 fully saturated rings. The highest BCUT2D eigenvalue weighted by Crippen LogP contribution is 2.30. The van der Waals surface area contributed by atoms with E-state index in [0.717, 1.165) is 16.8 Å². The van der Waals surface area contributed by atoms with Crippen LogP contribution in [-0.2, 0) is 0 Å². The van der Waals surface area contributed by atoms with E-state index in [1.165, 1.54) is 0 Å². The fourth-order valence-corrected chi connectivity index (χ4v) is 2.11. The number of aryl methyl sites for hydroxylation is 1. The molecule has 94 valence electrons. The van der Waals surface area contributed by atoms with Crippen molar-refractivity contribution in [3.05, 3.63) is 66.4 Å². The average Bonchev–Trinajstić information content (AvgIpc) is 2.82. The molecule has 0 saturated heterocycles. The van der Waals surface area contributed by atoms with Crippen molar-refractivity contribution < 1.29 is 5.11 Å². The molecule has 3 nitrogen and oxygen atoms in total. The number of aromatic nitrogens is 2. The molecule has 3 heteroatoms. The van der Waals surface area contributed by atoms with Crippen molar-refractivity contribution in [1.82, 2.24) is 9.78 Å². The molecule has 0 aliphatic heterocycles. The molecule has 0 spiro atoms. The summed E-state index contributed by atoms with van der Waals surface area (Å²) < 4.78 is 1.69. The van der Waals surface area contributed by atoms with Crippen LogP contribution in [0.1, 0.15) is 5.56 Å². The highest BCUT2D eigenvalue weighted by molar-refractivity contribution is 5.69. The lowest BCUT2D eigenvalue weighted by atomic mass is 10.1. The van der Waals surface area contributed by atoms with Crippen LogP contribution in [0.25, 0.3) is 16.9 Å². The van der Waals surface area contributed by atoms with Gasteiger partial charge in [0, 0.05) is 5.56 Å². The molecule has 0 amide bonds. The maximum atomic E-state index is 10.1. The quantitative estimate of drug-likeness (QED) is 0.755. The van der Waals surface area contributed by atoms with Gasteiger partial charge in [-0.05, 0) is 24.6 Å². The maximum Gasteiger partial charge on any atom is 0.162 e. The van der Waals surface area contributed by atoms with Gasteiger partial charge in [-0.25, -0.2) is 4.68 Å². The van der Waals surface area contributed by atoms with Gasteiger partial charge in [0.2, 0.25) is 0 Å². The third-order valence-corrected chi connectivity index (χ3v) is 3.12. The van der Waals surface area contributed by atoms with E-state index >= 15 is 0 Å². The standard InChI is InChI=1S/C16H14N2O/c1-12-7-5-6-10-14(12)16-15(19)11-18(17-16)13-8-3-2-4-9-13/h2-11,19H,1H3. The Morgan fingerprint density at radius 3 is 2.37 bits per heavy atom. The summed E-state index contributed by atoms with van der Waals surface area (Å²) in [5.41, 5.74) is 3.59. The predicted molar refractivity (Wildman–Crippen MR) is 75.4 cm³/mol. The van der Waals surface area contributed by atoms with Gasteiger partial charge in [0.15, 0.2) is 5.75 Å². The van der Waals surface area contributed by atoms with Gasteiger partial charge in [-0.2, -0.15) is 5.10 Å². The molecule has 0 saturated carbocycles. The van der Waals surface area contributed by atoms with E-state index in [1.807, 2.05) is 61.5 Å². The SMILES string of the molecule is Cc1ccccc1-c1nn(-c2ccccc2)cc1O. The van der Waals surface area contributed by atoms with Gasteiger partial charge in [0.1, 0.15) is 5.69 Å². The third kappa shape index (κ3) is 2.10. The molecule has 3 aromatic rings. The van der Waals surface area contributed by atoms with Crippen LogP contribution in [0.2, 0.25) is 0 Å². The van der Waals surface area contributed by atoms with Crippen molar-refractivity contribution in [2.75, 3.05) is 0 Å². The van der Waals surface area contributed by atoms with E-state index in [-0.39, 0.29) is 5.75 Å². The third-order valence-electron chi connectivity index (χ3n) is 3.12. The van der Waals surface area contributed by atoms with Crippen LogP contribution in [-0.4, -0.2) is 14.9 Å². The van der Waals surface area contributed by atoms with Crippen LogP contribution in [0.3, 0.4) is 0 Å². The summed E-state index contributed by atoms with van der Waals surface area (Å²) in [5.74, 6) is 0.193. The largest absolute Gasteiger partial charge is 0.504 e. The van der Waals surface area contributed by atoms with E-state index in [4.69, 9.17) is 0 Å². The van der Waals surface area contributed by atoms with E-state index in [9.17, 15) is 5.11 Å². The van der Waals surface area contributed by atoms with E-state index < -0.39 is 0 Å². The first-order valence-electron chi connectivity index (χ1n) is 6.16. The summed E-state index contributed by atoms with van der Waals surface area (Å²) in [4.78, 5) is 0. The monoisotopic (exact) mass is 250 g/mol. The van der Waals surface area contributed by atoms with Gasteiger partial charge in [0.25, 0.3) is 0 Å². The van der Waals surface area contributed by atoms with Crippen LogP contribution in [0, 0.1) is 6.92 Å². The van der Waals surface area contributed by atoms with Crippen LogP contribution in [0.15, 0.2) is 60.8 Å². The van der Waals surface area contributed by atoms with Crippen molar-refractivity contribution in [2.24, 2.45) is 0 Å². The highest BCUT2D eigenvalue weighted by atomic mass is 16.3. The molecule has 2 aromatic carbocycles. The minimum Gasteiger partial charge on any atom is -0.504 e. The van der Waals surface area contributed by atoms with Crippen molar-refractivity contribution in [3.8, 4) is 22.7 Å². The van der Waals surface area contributed by atoms with Crippen molar-refractivity contribution in [3.63, 3.8) is 0 Å². The molecule has 1 heterocycles. The van der Waals surface area contributed by atoms with Gasteiger partial charge in [-0.1, -0.05) is 42.5 Å². The van der Waals surface area contributed by atoms with E-state index in [1.54, 1.807) is 10.9 Å². The predicted octanol–water partition coefficient (Wildman–Crippen LogP) is 3.55. The molecule has 3 rings (SSSR count). The molecule has 1 aromatic heterocycles. The van der Waals surface area contributed by atoms with Crippen LogP contribution >= 0.6 is 0 Å². The Morgan fingerprint density at radius 2 is 1.63 bits per heavy atom. The van der Waals surface area contributed by atoms with Crippen molar-refractivity contribution in [2.45, 2.75) is 6.92 Å². The van der Waals surface area contributed by atoms with Gasteiger partial charge in [-0.15, -0.1) is 0 Å². The zero-order valence-electron chi connectivity index (χ0n) is 10.6. The molecule has 1 N–H and O–H groups in total. The molecular weight excluding hydrogens is 236 g/mol. The van der Waals surface area contributed by atoms with Gasteiger partial charge in [-0.3, -0.25) is 0 Å². The Labute approximate surface area is 111 Å². The topological polar surface area (TPSA) is 38.0 Å². The summed E-state index contributed by atoms with van der Waals surface area (Å²) in [6, 6.07) is 17.6. The smallest absolute Gasteiger partial charge is 0.162 e. The summed E-state index contributed by atoms with van der Waals surface area (Å²) in [5, 5.41) is 14.6. The molecule has 0 atom stereocenters. The number of para-hydroxylation sites is 1. The van der Waals surface area contributed by atoms with Gasteiger partial charge in [0.05, 0.1) is 11.9 Å². The van der Waals surface area contributed by atoms with Gasteiger partial charge >= 0.3 is 0 Å². The lowest BCUT2D eigenvalue weighted by Crippen LogP contribution is -1.94. The number of nitrogens with zero attached hydrogens (tertiary/aromatic N) is 2. The Bertz CT molecular complexity index is 702. The summed E-state index contributed by atoms with van der Waals surface area (Å²) >= 11 is 0. The van der Waals surface area contributed by atoms with Gasteiger partial charge < -0.3 is 5.11 Å². The van der Waals surface area contributed by atoms with Crippen molar-refractivity contribution in [1.29, 1.82) is 0 Å². The Kier molecular flexibility index (Phi) is 2.80. The molecule has 0 unspecified atom stereocenters. The normalized spacial score (nSPS) is 10.6. The minimum absolute atomic E-state index is 0.193. The molecular formula is C16H14N2O. The Morgan fingerprint density at radius 1 is 0.947 bits per heavy atom. The first-order chi connectivity index (χ1) is 9.25. The first-order valence-corrected chi connectivity index (χ1v) is 6.16. The fraction of sp³-hybridized carbons (Fsp3) is 0.0625. The first kappa shape index (κ1) is 11.5. The zero-order chi connectivity index (χ0) is 13.2. The zero-order valence-corrected chi connectivity index (χ0v) is 10.6. The molecule has 0 radical (unpaired) electrons. The lowest BCUT2D eigenvalue weighted by Gasteiger charge is -2.02. The number of hydrogen-bond acceptors (Lipinski definition) is 2. The second-order valence-electron chi connectivity index (χ2n) is 4.46. The molecule has 19 heavy (non-hydrogen) atoms. The number of aromatic hydroxyl groups is 1. The van der Waals surface area contributed by atoms with E-state index in [0.29, 0.717) is 5.69 Å². The minimum atomic E-state index is 0.193. The highest BCUT2D eigenvalue weighted by Gasteiger charge is 2.12. The molecule has 0 bridgehead atoms. The second kappa shape index (κ2) is 4.61. The van der Waals surface area contributed by atoms with E-state index in [2.05, 4.69) is 5.10 Å². The summed E-state index contributed by atoms with van der Waals surface area (Å²) in [7, 11) is 0. The van der Waals surface area contributed by atoms with Crippen molar-refractivity contribution >= 4 is 0 Å². The van der Waals surface area contributed by atoms with Crippen LogP contribution < -0.4 is 0 Å². The summed E-state index contributed by atoms with van der Waals surface area (Å²) in [6.45, 7) is 2.01. The number of rotatable bonds is 2. The lowest BCUT2D eigenvalue weighted by molar-refractivity contribution is 0.477. The Hall–Kier alpha value is -2.55. The van der Waals surface area contributed by atoms with Crippen LogP contribution in [0.5, 0.6) is 5.75 Å². The molecule has 0 aliphatic rings. The second-order valence-corrected chi connectivity index (χ2v) is 4.46. The average molecular weight is 250 g/mol. The maximum absolute atomic E-state index is 10.1. The number of benzene rings is 2. The summed E-state index contributed by atoms with van der Waals surface area (Å²) in [6.07, 6.45) is 1.64.